The minimum Gasteiger partial charge on any atom is -0.0669 e. The summed E-state index contributed by atoms with van der Waals surface area (Å²) in [5.41, 5.74) is 0. The lowest BCUT2D eigenvalue weighted by atomic mass is 9.19. The van der Waals surface area contributed by atoms with Gasteiger partial charge in [0.2, 0.25) is 0 Å². The van der Waals surface area contributed by atoms with Crippen molar-refractivity contribution >= 4 is 7.28 Å². The maximum absolute atomic E-state index is 2.68. The highest BCUT2D eigenvalue weighted by Gasteiger charge is 2.56. The van der Waals surface area contributed by atoms with E-state index in [2.05, 4.69) is 28.1 Å². The first-order valence-corrected chi connectivity index (χ1v) is 5.47. The van der Waals surface area contributed by atoms with E-state index in [4.69, 9.17) is 0 Å². The lowest BCUT2D eigenvalue weighted by molar-refractivity contribution is 0.177. The molecule has 3 fully saturated rings. The second kappa shape index (κ2) is 2.53. The largest absolute Gasteiger partial charge is 0.126 e. The van der Waals surface area contributed by atoms with Crippen LogP contribution < -0.4 is 0 Å². The maximum atomic E-state index is 2.68. The first-order valence-electron chi connectivity index (χ1n) is 5.47. The summed E-state index contributed by atoms with van der Waals surface area (Å²) < 4.78 is 0. The Balaban J connectivity index is 2.06. The molecule has 3 aliphatic rings. The first-order chi connectivity index (χ1) is 5.60. The first kappa shape index (κ1) is 8.65. The van der Waals surface area contributed by atoms with Crippen LogP contribution in [0.5, 0.6) is 0 Å². The van der Waals surface area contributed by atoms with Gasteiger partial charge < -0.3 is 0 Å². The van der Waals surface area contributed by atoms with Crippen LogP contribution in [-0.4, -0.2) is 7.28 Å². The van der Waals surface area contributed by atoms with E-state index >= 15 is 0 Å². The van der Waals surface area contributed by atoms with Crippen molar-refractivity contribution in [2.75, 3.05) is 0 Å². The van der Waals surface area contributed by atoms with Crippen molar-refractivity contribution in [2.45, 2.75) is 63.5 Å². The van der Waals surface area contributed by atoms with Crippen molar-refractivity contribution in [3.05, 3.63) is 0 Å². The minimum atomic E-state index is 0.641. The highest BCUT2D eigenvalue weighted by molar-refractivity contribution is 6.49. The van der Waals surface area contributed by atoms with Gasteiger partial charge in [0, 0.05) is 0 Å². The third-order valence-electron chi connectivity index (χ3n) is 4.35. The molecule has 1 heteroatoms. The fourth-order valence-corrected chi connectivity index (χ4v) is 3.53. The molecular weight excluding hydrogens is 143 g/mol. The highest BCUT2D eigenvalue weighted by atomic mass is 14.5. The van der Waals surface area contributed by atoms with Crippen molar-refractivity contribution in [1.82, 2.24) is 0 Å². The van der Waals surface area contributed by atoms with Crippen LogP contribution in [0.2, 0.25) is 10.6 Å². The Morgan fingerprint density at radius 3 is 2.58 bits per heavy atom. The molecule has 67 valence electrons. The van der Waals surface area contributed by atoms with Gasteiger partial charge in [-0.05, 0) is 5.92 Å². The quantitative estimate of drug-likeness (QED) is 0.545. The van der Waals surface area contributed by atoms with Crippen LogP contribution in [0.15, 0.2) is 0 Å². The Kier molecular flexibility index (Phi) is 1.82. The second-order valence-electron chi connectivity index (χ2n) is 5.37. The zero-order chi connectivity index (χ0) is 8.82. The molecule has 0 spiro atoms. The third-order valence-corrected chi connectivity index (χ3v) is 4.35. The summed E-state index contributed by atoms with van der Waals surface area (Å²) in [5.74, 6) is 0.922. The van der Waals surface area contributed by atoms with Gasteiger partial charge in [-0.2, -0.15) is 0 Å². The van der Waals surface area contributed by atoms with Crippen LogP contribution in [0.4, 0.5) is 0 Å². The van der Waals surface area contributed by atoms with E-state index in [0.717, 1.165) is 5.92 Å². The molecule has 1 saturated carbocycles. The van der Waals surface area contributed by atoms with E-state index in [1.165, 1.54) is 32.1 Å². The number of hydrogen-bond donors (Lipinski definition) is 0. The molecule has 2 saturated heterocycles. The van der Waals surface area contributed by atoms with Crippen molar-refractivity contribution in [2.24, 2.45) is 5.92 Å². The molecule has 3 unspecified atom stereocenters. The molecule has 0 aromatic heterocycles. The van der Waals surface area contributed by atoms with E-state index in [1.807, 2.05) is 0 Å². The molecule has 1 radical (unpaired) electrons. The lowest BCUT2D eigenvalue weighted by Gasteiger charge is -2.62. The summed E-state index contributed by atoms with van der Waals surface area (Å²) in [5, 5.41) is 1.31. The predicted molar refractivity (Wildman–Crippen MR) is 54.7 cm³/mol. The van der Waals surface area contributed by atoms with Crippen molar-refractivity contribution in [1.29, 1.82) is 0 Å². The summed E-state index contributed by atoms with van der Waals surface area (Å²) in [6.07, 6.45) is 7.22. The standard InChI is InChI=1S/C11H20B/c1-4-9(2)11-7-5-6-10(3,8-11)12-11/h9H,4-8H2,1-3H3. The summed E-state index contributed by atoms with van der Waals surface area (Å²) >= 11 is 0. The third kappa shape index (κ3) is 1.05. The van der Waals surface area contributed by atoms with Crippen molar-refractivity contribution in [3.8, 4) is 0 Å². The van der Waals surface area contributed by atoms with Gasteiger partial charge in [0.1, 0.15) is 7.28 Å². The van der Waals surface area contributed by atoms with Crippen LogP contribution in [0.25, 0.3) is 0 Å². The van der Waals surface area contributed by atoms with E-state index in [-0.39, 0.29) is 0 Å². The smallest absolute Gasteiger partial charge is 0.0669 e. The number of fused-ring (bicyclic) bond motifs is 2. The van der Waals surface area contributed by atoms with Crippen molar-refractivity contribution in [3.63, 3.8) is 0 Å². The van der Waals surface area contributed by atoms with Crippen LogP contribution in [0.3, 0.4) is 0 Å². The predicted octanol–water partition coefficient (Wildman–Crippen LogP) is 3.66. The summed E-state index contributed by atoms with van der Waals surface area (Å²) in [7, 11) is 2.68. The Hall–Kier alpha value is 0.0649. The molecular formula is C11H20B. The molecule has 2 bridgehead atoms. The number of hydrogen-bond acceptors (Lipinski definition) is 0. The van der Waals surface area contributed by atoms with Gasteiger partial charge in [0.15, 0.2) is 0 Å². The normalized spacial score (nSPS) is 47.6. The fraction of sp³-hybridized carbons (Fsp3) is 1.00. The summed E-state index contributed by atoms with van der Waals surface area (Å²) in [6, 6.07) is 0. The molecule has 0 aromatic rings. The molecule has 3 rings (SSSR count). The minimum absolute atomic E-state index is 0.641. The molecule has 0 aromatic carbocycles. The average Bonchev–Trinajstić information content (AvgIpc) is 2.01. The van der Waals surface area contributed by atoms with E-state index in [9.17, 15) is 0 Å². The van der Waals surface area contributed by atoms with Crippen LogP contribution in [-0.2, 0) is 0 Å². The number of rotatable bonds is 2. The summed E-state index contributed by atoms with van der Waals surface area (Å²) in [6.45, 7) is 7.20. The topological polar surface area (TPSA) is 0 Å². The van der Waals surface area contributed by atoms with Crippen LogP contribution in [0.1, 0.15) is 52.9 Å². The Morgan fingerprint density at radius 2 is 2.08 bits per heavy atom. The zero-order valence-corrected chi connectivity index (χ0v) is 8.69. The van der Waals surface area contributed by atoms with E-state index < -0.39 is 0 Å². The van der Waals surface area contributed by atoms with Gasteiger partial charge in [-0.3, -0.25) is 0 Å². The zero-order valence-electron chi connectivity index (χ0n) is 8.69. The monoisotopic (exact) mass is 163 g/mol. The van der Waals surface area contributed by atoms with Crippen LogP contribution in [0, 0.1) is 5.92 Å². The second-order valence-corrected chi connectivity index (χ2v) is 5.37. The van der Waals surface area contributed by atoms with Crippen LogP contribution >= 0.6 is 0 Å². The average molecular weight is 163 g/mol. The fourth-order valence-electron chi connectivity index (χ4n) is 3.53. The van der Waals surface area contributed by atoms with Gasteiger partial charge in [-0.1, -0.05) is 63.5 Å². The lowest BCUT2D eigenvalue weighted by Crippen LogP contribution is -2.50. The van der Waals surface area contributed by atoms with Crippen molar-refractivity contribution < 1.29 is 0 Å². The Morgan fingerprint density at radius 1 is 1.42 bits per heavy atom. The molecule has 0 nitrogen and oxygen atoms in total. The molecule has 2 heterocycles. The van der Waals surface area contributed by atoms with E-state index in [0.29, 0.717) is 10.6 Å². The Bertz CT molecular complexity index is 179. The summed E-state index contributed by atoms with van der Waals surface area (Å²) in [4.78, 5) is 0. The molecule has 0 N–H and O–H groups in total. The molecule has 2 aliphatic heterocycles. The molecule has 1 aliphatic carbocycles. The molecule has 3 atom stereocenters. The van der Waals surface area contributed by atoms with Gasteiger partial charge in [-0.15, -0.1) is 0 Å². The highest BCUT2D eigenvalue weighted by Crippen LogP contribution is 2.70. The molecule has 0 amide bonds. The molecule has 12 heavy (non-hydrogen) atoms. The van der Waals surface area contributed by atoms with Gasteiger partial charge in [0.05, 0.1) is 0 Å². The SMILES string of the molecule is CCC(C)C12[B]C(C)(CCC1)C2. The maximum Gasteiger partial charge on any atom is 0.126 e. The van der Waals surface area contributed by atoms with Gasteiger partial charge in [0.25, 0.3) is 0 Å². The van der Waals surface area contributed by atoms with Gasteiger partial charge >= 0.3 is 0 Å². The van der Waals surface area contributed by atoms with E-state index in [1.54, 1.807) is 0 Å². The van der Waals surface area contributed by atoms with Gasteiger partial charge in [-0.25, -0.2) is 0 Å². The Labute approximate surface area is 77.4 Å².